The molecule has 156 valence electrons. The Bertz CT molecular complexity index is 715. The molecular weight excluding hydrogens is 370 g/mol. The van der Waals surface area contributed by atoms with Gasteiger partial charge in [0.15, 0.2) is 0 Å². The van der Waals surface area contributed by atoms with Gasteiger partial charge in [-0.3, -0.25) is 0 Å². The highest BCUT2D eigenvalue weighted by Gasteiger charge is 2.47. The van der Waals surface area contributed by atoms with Gasteiger partial charge in [0, 0.05) is 18.1 Å². The lowest BCUT2D eigenvalue weighted by Gasteiger charge is -2.37. The Labute approximate surface area is 173 Å². The van der Waals surface area contributed by atoms with Gasteiger partial charge in [0.05, 0.1) is 12.7 Å². The second kappa shape index (κ2) is 8.37. The molecule has 1 saturated carbocycles. The average molecular weight is 406 g/mol. The fraction of sp³-hybridized carbons (Fsp3) is 0.696. The molecule has 0 heterocycles. The van der Waals surface area contributed by atoms with Crippen molar-refractivity contribution in [3.8, 4) is 5.75 Å². The van der Waals surface area contributed by atoms with Crippen molar-refractivity contribution in [2.45, 2.75) is 77.6 Å². The molecule has 28 heavy (non-hydrogen) atoms. The normalized spacial score (nSPS) is 27.4. The fourth-order valence-electron chi connectivity index (χ4n) is 4.18. The molecule has 1 aromatic carbocycles. The highest BCUT2D eigenvalue weighted by molar-refractivity contribution is 7.91. The zero-order valence-corrected chi connectivity index (χ0v) is 19.0. The molecule has 3 rings (SSSR count). The number of fused-ring (bicyclic) bond motifs is 1. The van der Waals surface area contributed by atoms with E-state index < -0.39 is 11.4 Å². The Balaban J connectivity index is 1.97. The molecule has 5 heteroatoms. The number of methoxy groups -OCH3 is 1. The molecule has 0 amide bonds. The number of benzene rings is 1. The van der Waals surface area contributed by atoms with Crippen LogP contribution in [0.25, 0.3) is 0 Å². The van der Waals surface area contributed by atoms with Gasteiger partial charge in [0.1, 0.15) is 27.6 Å². The lowest BCUT2D eigenvalue weighted by atomic mass is 9.70. The summed E-state index contributed by atoms with van der Waals surface area (Å²) in [5.41, 5.74) is 3.45. The predicted molar refractivity (Wildman–Crippen MR) is 117 cm³/mol. The first-order valence-electron chi connectivity index (χ1n) is 10.4. The standard InChI is InChI=1S/C23H35NO3S/c1-16(2)15-27-19-8-7-17-14-23(11-9-18(26-6)10-12-23)21(20(17)13-19)24-28(25)22(3,4)5/h7-8,13,16,18H,9-12,14-15H2,1-6H3/t18-,23+,28?. The van der Waals surface area contributed by atoms with E-state index >= 15 is 0 Å². The zero-order chi connectivity index (χ0) is 20.5. The third-order valence-electron chi connectivity index (χ3n) is 5.87. The summed E-state index contributed by atoms with van der Waals surface area (Å²) < 4.78 is 29.0. The van der Waals surface area contributed by atoms with E-state index in [1.807, 2.05) is 20.8 Å². The highest BCUT2D eigenvalue weighted by atomic mass is 32.2. The molecule has 0 aliphatic heterocycles. The molecule has 0 N–H and O–H groups in total. The predicted octanol–water partition coefficient (Wildman–Crippen LogP) is 5.10. The zero-order valence-electron chi connectivity index (χ0n) is 18.2. The van der Waals surface area contributed by atoms with Crippen LogP contribution in [0, 0.1) is 11.3 Å². The number of rotatable bonds is 5. The molecule has 1 aromatic rings. The lowest BCUT2D eigenvalue weighted by Crippen LogP contribution is -2.37. The van der Waals surface area contributed by atoms with E-state index in [-0.39, 0.29) is 10.2 Å². The van der Waals surface area contributed by atoms with Gasteiger partial charge in [-0.2, -0.15) is 0 Å². The molecule has 1 spiro atoms. The van der Waals surface area contributed by atoms with Crippen molar-refractivity contribution in [2.75, 3.05) is 13.7 Å². The van der Waals surface area contributed by atoms with Crippen molar-refractivity contribution >= 4 is 17.1 Å². The van der Waals surface area contributed by atoms with Gasteiger partial charge >= 0.3 is 0 Å². The van der Waals surface area contributed by atoms with E-state index in [1.165, 1.54) is 5.56 Å². The SMILES string of the molecule is CO[C@H]1CC[C@@]2(CC1)Cc1ccc(OCC(C)C)cc1C2=N[S+]([O-])C(C)(C)C. The van der Waals surface area contributed by atoms with Crippen LogP contribution in [0.5, 0.6) is 5.75 Å². The largest absolute Gasteiger partial charge is 0.591 e. The Hall–Kier alpha value is -1.04. The summed E-state index contributed by atoms with van der Waals surface area (Å²) in [5.74, 6) is 1.36. The lowest BCUT2D eigenvalue weighted by molar-refractivity contribution is 0.0468. The van der Waals surface area contributed by atoms with E-state index in [1.54, 1.807) is 7.11 Å². The quantitative estimate of drug-likeness (QED) is 0.640. The van der Waals surface area contributed by atoms with Gasteiger partial charge in [-0.1, -0.05) is 24.3 Å². The van der Waals surface area contributed by atoms with Gasteiger partial charge in [-0.25, -0.2) is 0 Å². The Kier molecular flexibility index (Phi) is 6.48. The van der Waals surface area contributed by atoms with Crippen molar-refractivity contribution in [2.24, 2.45) is 15.7 Å². The van der Waals surface area contributed by atoms with Crippen LogP contribution >= 0.6 is 0 Å². The Morgan fingerprint density at radius 3 is 2.50 bits per heavy atom. The van der Waals surface area contributed by atoms with E-state index in [0.717, 1.165) is 49.1 Å². The van der Waals surface area contributed by atoms with E-state index in [4.69, 9.17) is 13.9 Å². The van der Waals surface area contributed by atoms with Gasteiger partial charge in [-0.05, 0) is 76.5 Å². The number of hydrogen-bond donors (Lipinski definition) is 0. The Morgan fingerprint density at radius 2 is 1.93 bits per heavy atom. The molecule has 2 aliphatic rings. The minimum absolute atomic E-state index is 0.0189. The van der Waals surface area contributed by atoms with E-state index in [0.29, 0.717) is 18.6 Å². The number of ether oxygens (including phenoxy) is 2. The number of nitrogens with zero attached hydrogens (tertiary/aromatic N) is 1. The summed E-state index contributed by atoms with van der Waals surface area (Å²) >= 11 is -1.27. The third kappa shape index (κ3) is 4.58. The summed E-state index contributed by atoms with van der Waals surface area (Å²) in [6, 6.07) is 6.37. The summed E-state index contributed by atoms with van der Waals surface area (Å²) in [6.45, 7) is 10.9. The second-order valence-electron chi connectivity index (χ2n) is 9.72. The summed E-state index contributed by atoms with van der Waals surface area (Å²) in [5, 5.41) is 0. The van der Waals surface area contributed by atoms with Gasteiger partial charge in [0.25, 0.3) is 0 Å². The summed E-state index contributed by atoms with van der Waals surface area (Å²) in [7, 11) is 1.80. The van der Waals surface area contributed by atoms with Gasteiger partial charge < -0.3 is 14.0 Å². The smallest absolute Gasteiger partial charge is 0.144 e. The molecule has 0 aromatic heterocycles. The minimum atomic E-state index is -1.27. The highest BCUT2D eigenvalue weighted by Crippen LogP contribution is 2.49. The van der Waals surface area contributed by atoms with Crippen molar-refractivity contribution in [3.05, 3.63) is 29.3 Å². The molecule has 4 nitrogen and oxygen atoms in total. The average Bonchev–Trinajstić information content (AvgIpc) is 2.92. The maximum atomic E-state index is 12.9. The molecule has 1 atom stereocenters. The summed E-state index contributed by atoms with van der Waals surface area (Å²) in [6.07, 6.45) is 5.42. The van der Waals surface area contributed by atoms with Crippen LogP contribution in [-0.4, -0.2) is 34.8 Å². The number of hydrogen-bond acceptors (Lipinski definition) is 4. The van der Waals surface area contributed by atoms with Gasteiger partial charge in [-0.15, -0.1) is 0 Å². The molecule has 0 saturated heterocycles. The fourth-order valence-corrected chi connectivity index (χ4v) is 4.91. The van der Waals surface area contributed by atoms with Gasteiger partial charge in [0.2, 0.25) is 0 Å². The van der Waals surface area contributed by atoms with Crippen molar-refractivity contribution in [3.63, 3.8) is 0 Å². The van der Waals surface area contributed by atoms with E-state index in [9.17, 15) is 4.55 Å². The maximum absolute atomic E-state index is 12.9. The topological polar surface area (TPSA) is 53.9 Å². The molecule has 0 radical (unpaired) electrons. The van der Waals surface area contributed by atoms with Crippen LogP contribution in [-0.2, 0) is 22.5 Å². The third-order valence-corrected chi connectivity index (χ3v) is 7.27. The first-order chi connectivity index (χ1) is 13.1. The van der Waals surface area contributed by atoms with Crippen molar-refractivity contribution in [1.82, 2.24) is 0 Å². The van der Waals surface area contributed by atoms with Crippen LogP contribution in [0.4, 0.5) is 0 Å². The Morgan fingerprint density at radius 1 is 1.25 bits per heavy atom. The van der Waals surface area contributed by atoms with Crippen LogP contribution in [0.1, 0.15) is 71.4 Å². The van der Waals surface area contributed by atoms with Crippen molar-refractivity contribution in [1.29, 1.82) is 0 Å². The molecule has 1 fully saturated rings. The minimum Gasteiger partial charge on any atom is -0.591 e. The van der Waals surface area contributed by atoms with Crippen LogP contribution in [0.2, 0.25) is 0 Å². The van der Waals surface area contributed by atoms with E-state index in [2.05, 4.69) is 32.0 Å². The molecular formula is C23H35NO3S. The molecule has 0 bridgehead atoms. The second-order valence-corrected chi connectivity index (χ2v) is 11.6. The van der Waals surface area contributed by atoms with Crippen LogP contribution in [0.15, 0.2) is 22.6 Å². The maximum Gasteiger partial charge on any atom is 0.144 e. The first-order valence-corrected chi connectivity index (χ1v) is 11.6. The van der Waals surface area contributed by atoms with Crippen LogP contribution < -0.4 is 4.74 Å². The molecule has 2 aliphatic carbocycles. The van der Waals surface area contributed by atoms with Crippen molar-refractivity contribution < 1.29 is 14.0 Å². The van der Waals surface area contributed by atoms with Crippen LogP contribution in [0.3, 0.4) is 0 Å². The summed E-state index contributed by atoms with van der Waals surface area (Å²) in [4.78, 5) is 0. The first kappa shape index (κ1) is 21.7. The molecule has 1 unspecified atom stereocenters. The monoisotopic (exact) mass is 405 g/mol.